The molecule has 0 bridgehead atoms. The van der Waals surface area contributed by atoms with E-state index in [0.717, 1.165) is 24.3 Å². The van der Waals surface area contributed by atoms with Crippen molar-refractivity contribution in [1.82, 2.24) is 5.32 Å². The fourth-order valence-corrected chi connectivity index (χ4v) is 2.52. The maximum atomic E-state index is 11.9. The number of nitrogens with one attached hydrogen (secondary N) is 1. The minimum Gasteiger partial charge on any atom is -0.496 e. The molecule has 98 valence electrons. The van der Waals surface area contributed by atoms with Crippen LogP contribution in [0.2, 0.25) is 0 Å². The zero-order chi connectivity index (χ0) is 13.1. The van der Waals surface area contributed by atoms with Crippen molar-refractivity contribution < 1.29 is 9.53 Å². The van der Waals surface area contributed by atoms with Crippen LogP contribution in [0.4, 0.5) is 0 Å². The maximum Gasteiger partial charge on any atom is 0.154 e. The van der Waals surface area contributed by atoms with E-state index in [4.69, 9.17) is 4.74 Å². The molecule has 0 saturated carbocycles. The van der Waals surface area contributed by atoms with E-state index in [-0.39, 0.29) is 5.92 Å². The van der Waals surface area contributed by atoms with Gasteiger partial charge < -0.3 is 10.1 Å². The first kappa shape index (κ1) is 13.1. The van der Waals surface area contributed by atoms with Crippen molar-refractivity contribution in [3.63, 3.8) is 0 Å². The normalized spacial score (nSPS) is 20.2. The van der Waals surface area contributed by atoms with Crippen molar-refractivity contribution in [2.75, 3.05) is 20.2 Å². The third-order valence-electron chi connectivity index (χ3n) is 3.58. The first-order valence-electron chi connectivity index (χ1n) is 6.54. The standard InChI is InChI=1S/C15H21NO2/c1-10(2)13-8-11(4-5-15(13)18-3)12-6-7-16-9-14(12)17/h4-5,8,10,12,16H,6-7,9H2,1-3H3. The molecular weight excluding hydrogens is 226 g/mol. The molecular formula is C15H21NO2. The third kappa shape index (κ3) is 2.56. The average molecular weight is 247 g/mol. The summed E-state index contributed by atoms with van der Waals surface area (Å²) in [5, 5.41) is 3.12. The average Bonchev–Trinajstić information content (AvgIpc) is 2.38. The van der Waals surface area contributed by atoms with Crippen LogP contribution in [0.3, 0.4) is 0 Å². The Kier molecular flexibility index (Phi) is 4.02. The van der Waals surface area contributed by atoms with Crippen molar-refractivity contribution >= 4 is 5.78 Å². The monoisotopic (exact) mass is 247 g/mol. The molecule has 18 heavy (non-hydrogen) atoms. The van der Waals surface area contributed by atoms with Crippen molar-refractivity contribution in [3.8, 4) is 5.75 Å². The number of hydrogen-bond acceptors (Lipinski definition) is 3. The summed E-state index contributed by atoms with van der Waals surface area (Å²) in [6.07, 6.45) is 0.892. The number of Topliss-reactive ketones (excluding diaryl/α,β-unsaturated/α-hetero) is 1. The van der Waals surface area contributed by atoms with Crippen LogP contribution in [0.25, 0.3) is 0 Å². The largest absolute Gasteiger partial charge is 0.496 e. The highest BCUT2D eigenvalue weighted by atomic mass is 16.5. The summed E-state index contributed by atoms with van der Waals surface area (Å²) in [6, 6.07) is 6.15. The molecule has 1 unspecified atom stereocenters. The summed E-state index contributed by atoms with van der Waals surface area (Å²) in [5.74, 6) is 1.66. The molecule has 0 spiro atoms. The van der Waals surface area contributed by atoms with Gasteiger partial charge in [0, 0.05) is 5.92 Å². The number of carbonyl (C=O) groups excluding carboxylic acids is 1. The highest BCUT2D eigenvalue weighted by Crippen LogP contribution is 2.31. The fraction of sp³-hybridized carbons (Fsp3) is 0.533. The first-order valence-corrected chi connectivity index (χ1v) is 6.54. The molecule has 2 rings (SSSR count). The van der Waals surface area contributed by atoms with Gasteiger partial charge in [-0.3, -0.25) is 4.79 Å². The quantitative estimate of drug-likeness (QED) is 0.891. The molecule has 0 radical (unpaired) electrons. The summed E-state index contributed by atoms with van der Waals surface area (Å²) in [5.41, 5.74) is 2.31. The van der Waals surface area contributed by atoms with Gasteiger partial charge in [0.05, 0.1) is 13.7 Å². The number of hydrogen-bond donors (Lipinski definition) is 1. The lowest BCUT2D eigenvalue weighted by Crippen LogP contribution is -2.35. The molecule has 1 saturated heterocycles. The van der Waals surface area contributed by atoms with Crippen LogP contribution in [-0.2, 0) is 4.79 Å². The fourth-order valence-electron chi connectivity index (χ4n) is 2.52. The molecule has 1 fully saturated rings. The van der Waals surface area contributed by atoms with Crippen molar-refractivity contribution in [2.24, 2.45) is 0 Å². The number of carbonyl (C=O) groups is 1. The first-order chi connectivity index (χ1) is 8.63. The second kappa shape index (κ2) is 5.53. The Balaban J connectivity index is 2.33. The maximum absolute atomic E-state index is 11.9. The number of benzene rings is 1. The Morgan fingerprint density at radius 2 is 2.17 bits per heavy atom. The van der Waals surface area contributed by atoms with Crippen LogP contribution in [0.1, 0.15) is 43.2 Å². The van der Waals surface area contributed by atoms with Gasteiger partial charge in [-0.1, -0.05) is 26.0 Å². The number of ketones is 1. The van der Waals surface area contributed by atoms with Crippen molar-refractivity contribution in [2.45, 2.75) is 32.1 Å². The van der Waals surface area contributed by atoms with Gasteiger partial charge in [-0.25, -0.2) is 0 Å². The van der Waals surface area contributed by atoms with E-state index in [1.807, 2.05) is 12.1 Å². The molecule has 1 aromatic carbocycles. The zero-order valence-corrected chi connectivity index (χ0v) is 11.3. The third-order valence-corrected chi connectivity index (χ3v) is 3.58. The Hall–Kier alpha value is -1.35. The molecule has 0 aliphatic carbocycles. The lowest BCUT2D eigenvalue weighted by molar-refractivity contribution is -0.120. The summed E-state index contributed by atoms with van der Waals surface area (Å²) in [4.78, 5) is 11.9. The van der Waals surface area contributed by atoms with Crippen LogP contribution < -0.4 is 10.1 Å². The van der Waals surface area contributed by atoms with Crippen molar-refractivity contribution in [1.29, 1.82) is 0 Å². The summed E-state index contributed by atoms with van der Waals surface area (Å²) >= 11 is 0. The van der Waals surface area contributed by atoms with Gasteiger partial charge in [0.2, 0.25) is 0 Å². The Morgan fingerprint density at radius 1 is 1.39 bits per heavy atom. The number of ether oxygens (including phenoxy) is 1. The molecule has 0 aromatic heterocycles. The predicted octanol–water partition coefficient (Wildman–Crippen LogP) is 2.46. The van der Waals surface area contributed by atoms with Gasteiger partial charge in [-0.15, -0.1) is 0 Å². The second-order valence-electron chi connectivity index (χ2n) is 5.14. The lowest BCUT2D eigenvalue weighted by atomic mass is 9.86. The van der Waals surface area contributed by atoms with Crippen LogP contribution in [0.5, 0.6) is 5.75 Å². The predicted molar refractivity (Wildman–Crippen MR) is 72.3 cm³/mol. The molecule has 1 aromatic rings. The van der Waals surface area contributed by atoms with E-state index < -0.39 is 0 Å². The van der Waals surface area contributed by atoms with Gasteiger partial charge in [-0.05, 0) is 36.1 Å². The van der Waals surface area contributed by atoms with Crippen LogP contribution in [-0.4, -0.2) is 26.0 Å². The highest BCUT2D eigenvalue weighted by molar-refractivity contribution is 5.88. The Bertz CT molecular complexity index is 440. The van der Waals surface area contributed by atoms with Gasteiger partial charge in [0.1, 0.15) is 5.75 Å². The smallest absolute Gasteiger partial charge is 0.154 e. The zero-order valence-electron chi connectivity index (χ0n) is 11.3. The topological polar surface area (TPSA) is 38.3 Å². The summed E-state index contributed by atoms with van der Waals surface area (Å²) < 4.78 is 5.38. The van der Waals surface area contributed by atoms with Crippen LogP contribution in [0.15, 0.2) is 18.2 Å². The van der Waals surface area contributed by atoms with E-state index in [1.54, 1.807) is 7.11 Å². The van der Waals surface area contributed by atoms with Crippen LogP contribution in [0, 0.1) is 0 Å². The number of rotatable bonds is 3. The van der Waals surface area contributed by atoms with Gasteiger partial charge in [-0.2, -0.15) is 0 Å². The van der Waals surface area contributed by atoms with Gasteiger partial charge >= 0.3 is 0 Å². The molecule has 1 aliphatic rings. The highest BCUT2D eigenvalue weighted by Gasteiger charge is 2.24. The SMILES string of the molecule is COc1ccc(C2CCNCC2=O)cc1C(C)C. The van der Waals surface area contributed by atoms with E-state index in [9.17, 15) is 4.79 Å². The van der Waals surface area contributed by atoms with Gasteiger partial charge in [0.15, 0.2) is 5.78 Å². The van der Waals surface area contributed by atoms with E-state index in [1.165, 1.54) is 5.56 Å². The molecule has 0 amide bonds. The molecule has 1 atom stereocenters. The summed E-state index contributed by atoms with van der Waals surface area (Å²) in [6.45, 7) is 5.70. The van der Waals surface area contributed by atoms with E-state index in [2.05, 4.69) is 25.2 Å². The Morgan fingerprint density at radius 3 is 2.78 bits per heavy atom. The molecule has 1 heterocycles. The minimum absolute atomic E-state index is 0.0506. The van der Waals surface area contributed by atoms with Crippen molar-refractivity contribution in [3.05, 3.63) is 29.3 Å². The second-order valence-corrected chi connectivity index (χ2v) is 5.14. The molecule has 3 nitrogen and oxygen atoms in total. The van der Waals surface area contributed by atoms with E-state index in [0.29, 0.717) is 18.2 Å². The number of methoxy groups -OCH3 is 1. The van der Waals surface area contributed by atoms with Crippen LogP contribution >= 0.6 is 0 Å². The number of piperidine rings is 1. The molecule has 1 N–H and O–H groups in total. The molecule has 1 aliphatic heterocycles. The Labute approximate surface area is 109 Å². The summed E-state index contributed by atoms with van der Waals surface area (Å²) in [7, 11) is 1.69. The minimum atomic E-state index is 0.0506. The van der Waals surface area contributed by atoms with E-state index >= 15 is 0 Å². The molecule has 3 heteroatoms. The van der Waals surface area contributed by atoms with Gasteiger partial charge in [0.25, 0.3) is 0 Å². The lowest BCUT2D eigenvalue weighted by Gasteiger charge is -2.23.